The van der Waals surface area contributed by atoms with Gasteiger partial charge in [-0.1, -0.05) is 83.5 Å². The van der Waals surface area contributed by atoms with E-state index in [-0.39, 0.29) is 41.6 Å². The summed E-state index contributed by atoms with van der Waals surface area (Å²) in [5.74, 6) is -0.486. The first-order valence-electron chi connectivity index (χ1n) is 6.24. The van der Waals surface area contributed by atoms with Crippen LogP contribution in [-0.4, -0.2) is 10.2 Å². The Hall–Kier alpha value is -0.220. The van der Waals surface area contributed by atoms with E-state index in [1.165, 1.54) is 12.1 Å². The first-order chi connectivity index (χ1) is 10.5. The topological polar surface area (TPSA) is 40.5 Å². The normalized spacial score (nSPS) is 11.8. The van der Waals surface area contributed by atoms with Gasteiger partial charge in [0.15, 0.2) is 0 Å². The lowest BCUT2D eigenvalue weighted by Crippen LogP contribution is -2.20. The van der Waals surface area contributed by atoms with E-state index in [1.807, 2.05) is 0 Å². The van der Waals surface area contributed by atoms with Gasteiger partial charge < -0.3 is 10.2 Å². The highest BCUT2D eigenvalue weighted by Crippen LogP contribution is 2.50. The van der Waals surface area contributed by atoms with Gasteiger partial charge in [-0.15, -0.1) is 0 Å². The molecule has 0 bridgehead atoms. The second-order valence-electron chi connectivity index (χ2n) is 5.39. The summed E-state index contributed by atoms with van der Waals surface area (Å²) in [7, 11) is 0. The molecule has 0 aliphatic heterocycles. The summed E-state index contributed by atoms with van der Waals surface area (Å²) < 4.78 is 0. The van der Waals surface area contributed by atoms with Crippen molar-refractivity contribution in [3.05, 3.63) is 53.4 Å². The lowest BCUT2D eigenvalue weighted by Gasteiger charge is -2.29. The Bertz CT molecular complexity index is 736. The van der Waals surface area contributed by atoms with Crippen LogP contribution in [0.5, 0.6) is 11.5 Å². The van der Waals surface area contributed by atoms with Crippen molar-refractivity contribution in [2.45, 2.75) is 19.3 Å². The van der Waals surface area contributed by atoms with Crippen molar-refractivity contribution in [1.82, 2.24) is 0 Å². The number of halogens is 6. The zero-order valence-electron chi connectivity index (χ0n) is 11.8. The Labute approximate surface area is 163 Å². The quantitative estimate of drug-likeness (QED) is 0.485. The maximum absolute atomic E-state index is 10.3. The zero-order chi connectivity index (χ0) is 17.7. The maximum atomic E-state index is 10.3. The van der Waals surface area contributed by atoms with Gasteiger partial charge in [-0.3, -0.25) is 0 Å². The van der Waals surface area contributed by atoms with Crippen molar-refractivity contribution in [2.75, 3.05) is 0 Å². The van der Waals surface area contributed by atoms with Gasteiger partial charge in [0.2, 0.25) is 0 Å². The molecule has 0 aliphatic rings. The Morgan fingerprint density at radius 3 is 1.26 bits per heavy atom. The molecule has 2 rings (SSSR count). The predicted octanol–water partition coefficient (Wildman–Crippen LogP) is 7.34. The predicted molar refractivity (Wildman–Crippen MR) is 98.4 cm³/mol. The molecule has 0 aliphatic carbocycles. The lowest BCUT2D eigenvalue weighted by atomic mass is 9.77. The van der Waals surface area contributed by atoms with E-state index in [2.05, 4.69) is 0 Å². The van der Waals surface area contributed by atoms with Crippen LogP contribution >= 0.6 is 69.6 Å². The van der Waals surface area contributed by atoms with Crippen molar-refractivity contribution in [1.29, 1.82) is 0 Å². The van der Waals surface area contributed by atoms with Crippen molar-refractivity contribution >= 4 is 69.6 Å². The van der Waals surface area contributed by atoms with E-state index in [0.29, 0.717) is 11.1 Å². The monoisotopic (exact) mass is 432 g/mol. The van der Waals surface area contributed by atoms with E-state index in [9.17, 15) is 10.2 Å². The third-order valence-electron chi connectivity index (χ3n) is 3.62. The molecule has 0 heterocycles. The van der Waals surface area contributed by atoms with Gasteiger partial charge in [-0.2, -0.15) is 0 Å². The van der Waals surface area contributed by atoms with Gasteiger partial charge in [0.25, 0.3) is 0 Å². The molecule has 0 fully saturated rings. The van der Waals surface area contributed by atoms with E-state index in [4.69, 9.17) is 69.6 Å². The van der Waals surface area contributed by atoms with Crippen molar-refractivity contribution in [2.24, 2.45) is 0 Å². The Kier molecular flexibility index (Phi) is 5.47. The fraction of sp³-hybridized carbons (Fsp3) is 0.200. The molecule has 124 valence electrons. The van der Waals surface area contributed by atoms with E-state index in [0.717, 1.165) is 0 Å². The molecule has 0 atom stereocenters. The van der Waals surface area contributed by atoms with Gasteiger partial charge in [0, 0.05) is 16.5 Å². The summed E-state index contributed by atoms with van der Waals surface area (Å²) in [6, 6.07) is 2.95. The Balaban J connectivity index is 2.79. The number of rotatable bonds is 2. The summed E-state index contributed by atoms with van der Waals surface area (Å²) in [5.41, 5.74) is -0.243. The summed E-state index contributed by atoms with van der Waals surface area (Å²) in [5, 5.41) is 20.9. The molecule has 23 heavy (non-hydrogen) atoms. The average Bonchev–Trinajstić information content (AvgIpc) is 2.49. The molecule has 2 aromatic carbocycles. The molecule has 0 radical (unpaired) electrons. The summed E-state index contributed by atoms with van der Waals surface area (Å²) >= 11 is 36.0. The number of aromatic hydroxyl groups is 2. The third kappa shape index (κ3) is 3.18. The number of hydrogen-bond acceptors (Lipinski definition) is 2. The van der Waals surface area contributed by atoms with Gasteiger partial charge in [-0.05, 0) is 12.1 Å². The maximum Gasteiger partial charge on any atom is 0.139 e. The number of hydrogen-bond donors (Lipinski definition) is 2. The van der Waals surface area contributed by atoms with Crippen LogP contribution in [-0.2, 0) is 5.41 Å². The lowest BCUT2D eigenvalue weighted by molar-refractivity contribution is 0.436. The fourth-order valence-electron chi connectivity index (χ4n) is 2.27. The van der Waals surface area contributed by atoms with Gasteiger partial charge in [0.05, 0.1) is 20.1 Å². The first kappa shape index (κ1) is 19.1. The highest BCUT2D eigenvalue weighted by Gasteiger charge is 2.33. The van der Waals surface area contributed by atoms with Crippen LogP contribution in [0, 0.1) is 0 Å². The minimum atomic E-state index is -0.941. The molecular weight excluding hydrogens is 425 g/mol. The first-order valence-corrected chi connectivity index (χ1v) is 8.50. The largest absolute Gasteiger partial charge is 0.506 e. The second-order valence-corrected chi connectivity index (χ2v) is 7.72. The standard InChI is InChI=1S/C15H10Cl6O2/c1-15(2,5-3-7(16)9(18)11(20)13(5)22)6-4-8(17)10(19)12(21)14(6)23/h3-4,22-23H,1-2H3. The van der Waals surface area contributed by atoms with Crippen LogP contribution in [0.25, 0.3) is 0 Å². The van der Waals surface area contributed by atoms with Gasteiger partial charge >= 0.3 is 0 Å². The molecule has 0 saturated carbocycles. The van der Waals surface area contributed by atoms with Crippen molar-refractivity contribution in [3.63, 3.8) is 0 Å². The van der Waals surface area contributed by atoms with Crippen LogP contribution in [0.4, 0.5) is 0 Å². The number of phenolic OH excluding ortho intramolecular Hbond substituents is 2. The molecule has 0 unspecified atom stereocenters. The molecule has 2 N–H and O–H groups in total. The summed E-state index contributed by atoms with van der Waals surface area (Å²) in [6.07, 6.45) is 0. The Morgan fingerprint density at radius 1 is 0.652 bits per heavy atom. The van der Waals surface area contributed by atoms with Crippen molar-refractivity contribution < 1.29 is 10.2 Å². The van der Waals surface area contributed by atoms with Crippen molar-refractivity contribution in [3.8, 4) is 11.5 Å². The third-order valence-corrected chi connectivity index (χ3v) is 6.12. The van der Waals surface area contributed by atoms with Crippen LogP contribution < -0.4 is 0 Å². The smallest absolute Gasteiger partial charge is 0.139 e. The molecule has 0 aromatic heterocycles. The molecule has 0 spiro atoms. The van der Waals surface area contributed by atoms with Crippen LogP contribution in [0.3, 0.4) is 0 Å². The molecule has 2 aromatic rings. The second kappa shape index (κ2) is 6.59. The molecular formula is C15H10Cl6O2. The Morgan fingerprint density at radius 2 is 0.957 bits per heavy atom. The average molecular weight is 435 g/mol. The highest BCUT2D eigenvalue weighted by molar-refractivity contribution is 6.49. The van der Waals surface area contributed by atoms with Gasteiger partial charge in [-0.25, -0.2) is 0 Å². The van der Waals surface area contributed by atoms with Gasteiger partial charge in [0.1, 0.15) is 21.5 Å². The van der Waals surface area contributed by atoms with Crippen LogP contribution in [0.15, 0.2) is 12.1 Å². The van der Waals surface area contributed by atoms with E-state index >= 15 is 0 Å². The molecule has 8 heteroatoms. The zero-order valence-corrected chi connectivity index (χ0v) is 16.4. The van der Waals surface area contributed by atoms with Crippen LogP contribution in [0.1, 0.15) is 25.0 Å². The minimum Gasteiger partial charge on any atom is -0.506 e. The molecule has 2 nitrogen and oxygen atoms in total. The molecule has 0 amide bonds. The van der Waals surface area contributed by atoms with E-state index in [1.54, 1.807) is 13.8 Å². The highest BCUT2D eigenvalue weighted by atomic mass is 35.5. The SMILES string of the molecule is CC(C)(c1cc(Cl)c(Cl)c(Cl)c1O)c1cc(Cl)c(Cl)c(Cl)c1O. The summed E-state index contributed by atoms with van der Waals surface area (Å²) in [4.78, 5) is 0. The molecule has 0 saturated heterocycles. The number of benzene rings is 2. The minimum absolute atomic E-state index is 0.0433. The number of phenols is 2. The summed E-state index contributed by atoms with van der Waals surface area (Å²) in [6.45, 7) is 3.47. The van der Waals surface area contributed by atoms with E-state index < -0.39 is 5.41 Å². The fourth-order valence-corrected chi connectivity index (χ4v) is 3.47. The van der Waals surface area contributed by atoms with Crippen LogP contribution in [0.2, 0.25) is 30.1 Å².